The number of rotatable bonds is 6. The lowest BCUT2D eigenvalue weighted by atomic mass is 10.1. The molecule has 1 N–H and O–H groups in total. The predicted molar refractivity (Wildman–Crippen MR) is 101 cm³/mol. The summed E-state index contributed by atoms with van der Waals surface area (Å²) in [7, 11) is 0. The average molecular weight is 424 g/mol. The number of carbonyl (C=O) groups excluding carboxylic acids is 1. The highest BCUT2D eigenvalue weighted by Crippen LogP contribution is 2.31. The van der Waals surface area contributed by atoms with Gasteiger partial charge in [-0.3, -0.25) is 0 Å². The zero-order chi connectivity index (χ0) is 22.5. The molecule has 30 heavy (non-hydrogen) atoms. The Balaban J connectivity index is 2.26. The molecule has 160 valence electrons. The predicted octanol–water partition coefficient (Wildman–Crippen LogP) is 5.43. The Hall–Kier alpha value is -3.49. The van der Waals surface area contributed by atoms with Crippen LogP contribution in [-0.2, 0) is 9.53 Å². The maximum atomic E-state index is 12.2. The van der Waals surface area contributed by atoms with Crippen LogP contribution in [0.4, 0.5) is 13.2 Å². The van der Waals surface area contributed by atoms with Crippen molar-refractivity contribution in [2.45, 2.75) is 32.7 Å². The first-order chi connectivity index (χ1) is 13.8. The van der Waals surface area contributed by atoms with E-state index in [1.165, 1.54) is 36.4 Å². The monoisotopic (exact) mass is 424 g/mol. The van der Waals surface area contributed by atoms with Gasteiger partial charge in [-0.1, -0.05) is 12.1 Å². The summed E-state index contributed by atoms with van der Waals surface area (Å²) in [5.41, 5.74) is -0.750. The van der Waals surface area contributed by atoms with Crippen LogP contribution in [0.3, 0.4) is 0 Å². The van der Waals surface area contributed by atoms with E-state index < -0.39 is 29.7 Å². The van der Waals surface area contributed by atoms with Crippen molar-refractivity contribution >= 4 is 18.0 Å². The summed E-state index contributed by atoms with van der Waals surface area (Å²) in [5.74, 6) is -2.36. The summed E-state index contributed by atoms with van der Waals surface area (Å²) in [6.07, 6.45) is -2.45. The molecule has 0 heterocycles. The van der Waals surface area contributed by atoms with Crippen LogP contribution in [0, 0.1) is 0 Å². The number of benzene rings is 2. The fraction of sp³-hybridized carbons (Fsp3) is 0.238. The van der Waals surface area contributed by atoms with Crippen molar-refractivity contribution in [2.75, 3.05) is 0 Å². The Labute approximate surface area is 170 Å². The summed E-state index contributed by atoms with van der Waals surface area (Å²) in [5, 5.41) is 9.57. The highest BCUT2D eigenvalue weighted by atomic mass is 19.4. The molecule has 0 saturated heterocycles. The molecule has 0 aliphatic heterocycles. The van der Waals surface area contributed by atoms with E-state index in [1.807, 2.05) is 0 Å². The van der Waals surface area contributed by atoms with Gasteiger partial charge in [0, 0.05) is 6.08 Å². The summed E-state index contributed by atoms with van der Waals surface area (Å²) < 4.78 is 51.1. The lowest BCUT2D eigenvalue weighted by molar-refractivity contribution is -0.274. The summed E-state index contributed by atoms with van der Waals surface area (Å²) in [6.45, 7) is 5.09. The van der Waals surface area contributed by atoms with Crippen molar-refractivity contribution in [3.05, 3.63) is 59.7 Å². The molecule has 0 aromatic heterocycles. The number of hydrogen-bond acceptors (Lipinski definition) is 5. The minimum absolute atomic E-state index is 0.0571. The molecule has 2 aromatic carbocycles. The molecule has 0 unspecified atom stereocenters. The standard InChI is InChI=1S/C21H19F3O6/c1-20(2,3)30-17(25)12-7-13-5-4-6-16(18(13)19(26)27)28-14-8-10-15(11-9-14)29-21(22,23)24/h4-12H,1-3H3,(H,26,27)/b12-7+. The maximum Gasteiger partial charge on any atom is 0.573 e. The lowest BCUT2D eigenvalue weighted by Gasteiger charge is -2.18. The van der Waals surface area contributed by atoms with Gasteiger partial charge in [-0.05, 0) is 62.7 Å². The highest BCUT2D eigenvalue weighted by Gasteiger charge is 2.31. The number of esters is 1. The second-order valence-electron chi connectivity index (χ2n) is 7.01. The van der Waals surface area contributed by atoms with Gasteiger partial charge in [0.25, 0.3) is 0 Å². The van der Waals surface area contributed by atoms with Crippen LogP contribution in [0.2, 0.25) is 0 Å². The number of carboxylic acids is 1. The Morgan fingerprint density at radius 3 is 2.10 bits per heavy atom. The minimum atomic E-state index is -4.83. The molecule has 0 radical (unpaired) electrons. The minimum Gasteiger partial charge on any atom is -0.478 e. The van der Waals surface area contributed by atoms with Crippen LogP contribution in [0.15, 0.2) is 48.5 Å². The second-order valence-corrected chi connectivity index (χ2v) is 7.01. The lowest BCUT2D eigenvalue weighted by Crippen LogP contribution is -2.22. The van der Waals surface area contributed by atoms with E-state index in [2.05, 4.69) is 4.74 Å². The summed E-state index contributed by atoms with van der Waals surface area (Å²) in [4.78, 5) is 23.6. The third kappa shape index (κ3) is 7.16. The molecule has 0 bridgehead atoms. The Morgan fingerprint density at radius 1 is 0.967 bits per heavy atom. The van der Waals surface area contributed by atoms with Crippen molar-refractivity contribution in [1.29, 1.82) is 0 Å². The largest absolute Gasteiger partial charge is 0.573 e. The van der Waals surface area contributed by atoms with Crippen molar-refractivity contribution in [2.24, 2.45) is 0 Å². The van der Waals surface area contributed by atoms with Gasteiger partial charge in [0.05, 0.1) is 0 Å². The first-order valence-electron chi connectivity index (χ1n) is 8.65. The quantitative estimate of drug-likeness (QED) is 0.492. The van der Waals surface area contributed by atoms with Gasteiger partial charge >= 0.3 is 18.3 Å². The average Bonchev–Trinajstić information content (AvgIpc) is 2.59. The molecular formula is C21H19F3O6. The van der Waals surface area contributed by atoms with Crippen molar-refractivity contribution < 1.29 is 42.1 Å². The topological polar surface area (TPSA) is 82.1 Å². The molecule has 0 amide bonds. The molecule has 2 aromatic rings. The van der Waals surface area contributed by atoms with Gasteiger partial charge in [-0.2, -0.15) is 0 Å². The van der Waals surface area contributed by atoms with Gasteiger partial charge in [-0.25, -0.2) is 9.59 Å². The van der Waals surface area contributed by atoms with E-state index in [0.717, 1.165) is 18.2 Å². The van der Waals surface area contributed by atoms with Crippen LogP contribution in [0.1, 0.15) is 36.7 Å². The van der Waals surface area contributed by atoms with E-state index in [9.17, 15) is 27.9 Å². The van der Waals surface area contributed by atoms with Crippen LogP contribution in [0.25, 0.3) is 6.08 Å². The Bertz CT molecular complexity index is 941. The van der Waals surface area contributed by atoms with Crippen LogP contribution in [-0.4, -0.2) is 29.0 Å². The van der Waals surface area contributed by atoms with E-state index >= 15 is 0 Å². The number of halogens is 3. The first kappa shape index (κ1) is 22.8. The normalized spacial score (nSPS) is 11.9. The maximum absolute atomic E-state index is 12.2. The molecule has 0 spiro atoms. The molecule has 0 atom stereocenters. The highest BCUT2D eigenvalue weighted by molar-refractivity contribution is 5.97. The summed E-state index contributed by atoms with van der Waals surface area (Å²) >= 11 is 0. The van der Waals surface area contributed by atoms with Crippen LogP contribution >= 0.6 is 0 Å². The number of carboxylic acid groups (broad SMARTS) is 1. The third-order valence-electron chi connectivity index (χ3n) is 3.36. The smallest absolute Gasteiger partial charge is 0.478 e. The number of alkyl halides is 3. The van der Waals surface area contributed by atoms with E-state index in [4.69, 9.17) is 9.47 Å². The van der Waals surface area contributed by atoms with E-state index in [-0.39, 0.29) is 22.6 Å². The summed E-state index contributed by atoms with van der Waals surface area (Å²) in [6, 6.07) is 8.85. The van der Waals surface area contributed by atoms with Gasteiger partial charge in [0.2, 0.25) is 0 Å². The van der Waals surface area contributed by atoms with Gasteiger partial charge < -0.3 is 19.3 Å². The number of ether oxygens (including phenoxy) is 3. The third-order valence-corrected chi connectivity index (χ3v) is 3.36. The molecule has 0 fully saturated rings. The fourth-order valence-electron chi connectivity index (χ4n) is 2.33. The van der Waals surface area contributed by atoms with E-state index in [1.54, 1.807) is 20.8 Å². The second kappa shape index (κ2) is 8.89. The number of carbonyl (C=O) groups is 2. The molecule has 6 nitrogen and oxygen atoms in total. The molecule has 0 aliphatic carbocycles. The van der Waals surface area contributed by atoms with Crippen molar-refractivity contribution in [3.8, 4) is 17.2 Å². The van der Waals surface area contributed by atoms with Crippen LogP contribution < -0.4 is 9.47 Å². The number of aromatic carboxylic acids is 1. The molecule has 0 aliphatic rings. The molecule has 2 rings (SSSR count). The molecule has 0 saturated carbocycles. The number of hydrogen-bond donors (Lipinski definition) is 1. The van der Waals surface area contributed by atoms with Crippen molar-refractivity contribution in [3.63, 3.8) is 0 Å². The molecule has 9 heteroatoms. The Morgan fingerprint density at radius 2 is 1.57 bits per heavy atom. The van der Waals surface area contributed by atoms with Gasteiger partial charge in [0.15, 0.2) is 0 Å². The van der Waals surface area contributed by atoms with Crippen LogP contribution in [0.5, 0.6) is 17.2 Å². The fourth-order valence-corrected chi connectivity index (χ4v) is 2.33. The zero-order valence-electron chi connectivity index (χ0n) is 16.3. The SMILES string of the molecule is CC(C)(C)OC(=O)/C=C/c1cccc(Oc2ccc(OC(F)(F)F)cc2)c1C(=O)O. The van der Waals surface area contributed by atoms with E-state index in [0.29, 0.717) is 0 Å². The van der Waals surface area contributed by atoms with Gasteiger partial charge in [0.1, 0.15) is 28.4 Å². The zero-order valence-corrected chi connectivity index (χ0v) is 16.3. The molecular weight excluding hydrogens is 405 g/mol. The Kier molecular flexibility index (Phi) is 6.76. The first-order valence-corrected chi connectivity index (χ1v) is 8.65. The van der Waals surface area contributed by atoms with Crippen molar-refractivity contribution in [1.82, 2.24) is 0 Å². The van der Waals surface area contributed by atoms with Gasteiger partial charge in [-0.15, -0.1) is 13.2 Å².